The SMILES string of the molecule is CC1CCCc2nc3cc(C(=O)O)ccc3n21. The molecule has 2 aromatic rings. The highest BCUT2D eigenvalue weighted by molar-refractivity contribution is 5.92. The van der Waals surface area contributed by atoms with Crippen molar-refractivity contribution in [3.8, 4) is 0 Å². The van der Waals surface area contributed by atoms with E-state index in [0.717, 1.165) is 29.7 Å². The van der Waals surface area contributed by atoms with Gasteiger partial charge in [-0.3, -0.25) is 0 Å². The van der Waals surface area contributed by atoms with Crippen LogP contribution in [0.2, 0.25) is 0 Å². The fraction of sp³-hybridized carbons (Fsp3) is 0.385. The Labute approximate surface area is 98.9 Å². The van der Waals surface area contributed by atoms with Gasteiger partial charge in [-0.15, -0.1) is 0 Å². The van der Waals surface area contributed by atoms with Gasteiger partial charge in [0.25, 0.3) is 0 Å². The maximum atomic E-state index is 10.9. The molecule has 0 bridgehead atoms. The smallest absolute Gasteiger partial charge is 0.335 e. The van der Waals surface area contributed by atoms with Gasteiger partial charge in [0, 0.05) is 12.5 Å². The number of benzene rings is 1. The number of carboxylic acids is 1. The van der Waals surface area contributed by atoms with Crippen molar-refractivity contribution < 1.29 is 9.90 Å². The molecule has 0 radical (unpaired) electrons. The molecule has 0 aliphatic carbocycles. The molecule has 0 amide bonds. The number of fused-ring (bicyclic) bond motifs is 3. The number of hydrogen-bond donors (Lipinski definition) is 1. The molecule has 0 fully saturated rings. The van der Waals surface area contributed by atoms with Crippen LogP contribution >= 0.6 is 0 Å². The lowest BCUT2D eigenvalue weighted by Crippen LogP contribution is -2.14. The van der Waals surface area contributed by atoms with Gasteiger partial charge in [0.05, 0.1) is 16.6 Å². The third-order valence-electron chi connectivity index (χ3n) is 3.47. The molecule has 4 heteroatoms. The van der Waals surface area contributed by atoms with Gasteiger partial charge in [-0.05, 0) is 38.0 Å². The Morgan fingerprint density at radius 3 is 3.12 bits per heavy atom. The summed E-state index contributed by atoms with van der Waals surface area (Å²) in [6.07, 6.45) is 3.32. The zero-order valence-corrected chi connectivity index (χ0v) is 9.68. The number of aromatic nitrogens is 2. The highest BCUT2D eigenvalue weighted by Gasteiger charge is 2.20. The lowest BCUT2D eigenvalue weighted by atomic mass is 10.1. The van der Waals surface area contributed by atoms with Gasteiger partial charge in [-0.2, -0.15) is 0 Å². The molecule has 88 valence electrons. The number of carboxylic acid groups (broad SMARTS) is 1. The van der Waals surface area contributed by atoms with E-state index in [1.165, 1.54) is 6.42 Å². The van der Waals surface area contributed by atoms with Crippen LogP contribution in [0.25, 0.3) is 11.0 Å². The van der Waals surface area contributed by atoms with Crippen LogP contribution in [0.4, 0.5) is 0 Å². The minimum absolute atomic E-state index is 0.306. The van der Waals surface area contributed by atoms with Crippen molar-refractivity contribution in [1.29, 1.82) is 0 Å². The lowest BCUT2D eigenvalue weighted by Gasteiger charge is -2.22. The van der Waals surface area contributed by atoms with E-state index < -0.39 is 5.97 Å². The van der Waals surface area contributed by atoms with Crippen LogP contribution in [-0.2, 0) is 6.42 Å². The van der Waals surface area contributed by atoms with Crippen molar-refractivity contribution in [3.63, 3.8) is 0 Å². The molecule has 1 aromatic heterocycles. The molecular formula is C13H14N2O2. The maximum absolute atomic E-state index is 10.9. The summed E-state index contributed by atoms with van der Waals surface area (Å²) in [6, 6.07) is 5.65. The Balaban J connectivity index is 2.24. The fourth-order valence-electron chi connectivity index (χ4n) is 2.63. The van der Waals surface area contributed by atoms with Crippen molar-refractivity contribution in [2.45, 2.75) is 32.2 Å². The Morgan fingerprint density at radius 1 is 1.53 bits per heavy atom. The third-order valence-corrected chi connectivity index (χ3v) is 3.47. The summed E-state index contributed by atoms with van der Waals surface area (Å²) < 4.78 is 2.24. The van der Waals surface area contributed by atoms with E-state index >= 15 is 0 Å². The van der Waals surface area contributed by atoms with Crippen LogP contribution < -0.4 is 0 Å². The molecule has 0 saturated heterocycles. The summed E-state index contributed by atoms with van der Waals surface area (Å²) in [7, 11) is 0. The predicted molar refractivity (Wildman–Crippen MR) is 64.3 cm³/mol. The van der Waals surface area contributed by atoms with Crippen molar-refractivity contribution in [3.05, 3.63) is 29.6 Å². The molecule has 0 spiro atoms. The monoisotopic (exact) mass is 230 g/mol. The summed E-state index contributed by atoms with van der Waals surface area (Å²) in [5.74, 6) is 0.187. The van der Waals surface area contributed by atoms with Crippen LogP contribution in [0.3, 0.4) is 0 Å². The van der Waals surface area contributed by atoms with Crippen molar-refractivity contribution in [2.24, 2.45) is 0 Å². The zero-order valence-electron chi connectivity index (χ0n) is 9.68. The molecule has 1 unspecified atom stereocenters. The van der Waals surface area contributed by atoms with Crippen LogP contribution in [-0.4, -0.2) is 20.6 Å². The summed E-state index contributed by atoms with van der Waals surface area (Å²) >= 11 is 0. The fourth-order valence-corrected chi connectivity index (χ4v) is 2.63. The van der Waals surface area contributed by atoms with E-state index in [-0.39, 0.29) is 0 Å². The van der Waals surface area contributed by atoms with E-state index in [4.69, 9.17) is 5.11 Å². The molecule has 4 nitrogen and oxygen atoms in total. The second-order valence-electron chi connectivity index (χ2n) is 4.65. The van der Waals surface area contributed by atoms with Crippen molar-refractivity contribution in [1.82, 2.24) is 9.55 Å². The summed E-state index contributed by atoms with van der Waals surface area (Å²) in [5.41, 5.74) is 2.16. The number of imidazole rings is 1. The van der Waals surface area contributed by atoms with Gasteiger partial charge in [-0.1, -0.05) is 0 Å². The van der Waals surface area contributed by atoms with E-state index in [2.05, 4.69) is 16.5 Å². The lowest BCUT2D eigenvalue weighted by molar-refractivity contribution is 0.0697. The van der Waals surface area contributed by atoms with Crippen molar-refractivity contribution in [2.75, 3.05) is 0 Å². The average Bonchev–Trinajstić information content (AvgIpc) is 2.67. The molecule has 1 aromatic carbocycles. The number of nitrogens with zero attached hydrogens (tertiary/aromatic N) is 2. The molecule has 1 N–H and O–H groups in total. The van der Waals surface area contributed by atoms with Crippen LogP contribution in [0, 0.1) is 0 Å². The standard InChI is InChI=1S/C13H14N2O2/c1-8-3-2-4-12-14-10-7-9(13(16)17)5-6-11(10)15(8)12/h5-8H,2-4H2,1H3,(H,16,17). The first-order valence-electron chi connectivity index (χ1n) is 5.91. The molecule has 0 saturated carbocycles. The van der Waals surface area contributed by atoms with Gasteiger partial charge in [-0.25, -0.2) is 9.78 Å². The molecule has 1 aliphatic heterocycles. The first-order valence-corrected chi connectivity index (χ1v) is 5.91. The maximum Gasteiger partial charge on any atom is 0.335 e. The number of rotatable bonds is 1. The first-order chi connectivity index (χ1) is 8.16. The second-order valence-corrected chi connectivity index (χ2v) is 4.65. The summed E-state index contributed by atoms with van der Waals surface area (Å²) in [5, 5.41) is 8.96. The highest BCUT2D eigenvalue weighted by Crippen LogP contribution is 2.29. The molecule has 3 rings (SSSR count). The molecule has 1 atom stereocenters. The minimum Gasteiger partial charge on any atom is -0.478 e. The normalized spacial score (nSPS) is 19.2. The Morgan fingerprint density at radius 2 is 2.35 bits per heavy atom. The van der Waals surface area contributed by atoms with Gasteiger partial charge in [0.2, 0.25) is 0 Å². The second kappa shape index (κ2) is 3.58. The summed E-state index contributed by atoms with van der Waals surface area (Å²) in [6.45, 7) is 2.19. The van der Waals surface area contributed by atoms with Gasteiger partial charge in [0.1, 0.15) is 5.82 Å². The van der Waals surface area contributed by atoms with Gasteiger partial charge >= 0.3 is 5.97 Å². The summed E-state index contributed by atoms with van der Waals surface area (Å²) in [4.78, 5) is 15.5. The Kier molecular flexibility index (Phi) is 2.18. The van der Waals surface area contributed by atoms with Crippen molar-refractivity contribution >= 4 is 17.0 Å². The van der Waals surface area contributed by atoms with E-state index in [1.54, 1.807) is 12.1 Å². The first kappa shape index (κ1) is 10.3. The minimum atomic E-state index is -0.897. The van der Waals surface area contributed by atoms with E-state index in [1.807, 2.05) is 6.07 Å². The number of aryl methyl sites for hydroxylation is 1. The molecule has 17 heavy (non-hydrogen) atoms. The quantitative estimate of drug-likeness (QED) is 0.819. The molecular weight excluding hydrogens is 216 g/mol. The number of hydrogen-bond acceptors (Lipinski definition) is 2. The zero-order chi connectivity index (χ0) is 12.0. The van der Waals surface area contributed by atoms with E-state index in [0.29, 0.717) is 11.6 Å². The number of aromatic carboxylic acids is 1. The Bertz CT molecular complexity index is 601. The predicted octanol–water partition coefficient (Wildman–Crippen LogP) is 2.63. The van der Waals surface area contributed by atoms with Gasteiger partial charge in [0.15, 0.2) is 0 Å². The number of carbonyl (C=O) groups is 1. The topological polar surface area (TPSA) is 55.1 Å². The van der Waals surface area contributed by atoms with Crippen LogP contribution in [0.1, 0.15) is 42.0 Å². The third kappa shape index (κ3) is 1.52. The molecule has 1 aliphatic rings. The van der Waals surface area contributed by atoms with Gasteiger partial charge < -0.3 is 9.67 Å². The van der Waals surface area contributed by atoms with Crippen LogP contribution in [0.5, 0.6) is 0 Å². The molecule has 2 heterocycles. The van der Waals surface area contributed by atoms with Crippen LogP contribution in [0.15, 0.2) is 18.2 Å². The average molecular weight is 230 g/mol. The highest BCUT2D eigenvalue weighted by atomic mass is 16.4. The Hall–Kier alpha value is -1.84. The largest absolute Gasteiger partial charge is 0.478 e. The van der Waals surface area contributed by atoms with E-state index in [9.17, 15) is 4.79 Å².